The summed E-state index contributed by atoms with van der Waals surface area (Å²) in [5.74, 6) is 0.385. The van der Waals surface area contributed by atoms with Gasteiger partial charge in [0.2, 0.25) is 5.88 Å². The molecule has 1 amide bonds. The Balaban J connectivity index is 2.69. The molecule has 0 aromatic carbocycles. The molecule has 0 fully saturated rings. The summed E-state index contributed by atoms with van der Waals surface area (Å²) in [5, 5.41) is 2.63. The molecule has 1 aromatic heterocycles. The maximum absolute atomic E-state index is 11.6. The molecule has 1 heterocycles. The van der Waals surface area contributed by atoms with Crippen LogP contribution in [0.25, 0.3) is 0 Å². The van der Waals surface area contributed by atoms with Crippen molar-refractivity contribution in [3.8, 4) is 11.9 Å². The largest absolute Gasteiger partial charge is 0.478 e. The smallest absolute Gasteiger partial charge is 0.407 e. The fourth-order valence-electron chi connectivity index (χ4n) is 1.34. The Kier molecular flexibility index (Phi) is 5.54. The first-order valence-electron chi connectivity index (χ1n) is 6.35. The van der Waals surface area contributed by atoms with E-state index in [0.29, 0.717) is 18.1 Å². The summed E-state index contributed by atoms with van der Waals surface area (Å²) in [6.45, 7) is 7.92. The number of amides is 1. The van der Waals surface area contributed by atoms with E-state index < -0.39 is 11.7 Å². The predicted molar refractivity (Wildman–Crippen MR) is 72.8 cm³/mol. The van der Waals surface area contributed by atoms with Crippen LogP contribution in [0.15, 0.2) is 6.20 Å². The molecular formula is C13H21N3O4. The van der Waals surface area contributed by atoms with E-state index in [1.165, 1.54) is 7.11 Å². The maximum Gasteiger partial charge on any atom is 0.407 e. The van der Waals surface area contributed by atoms with Gasteiger partial charge in [0.25, 0.3) is 0 Å². The third kappa shape index (κ3) is 5.29. The van der Waals surface area contributed by atoms with E-state index in [4.69, 9.17) is 14.2 Å². The first-order valence-corrected chi connectivity index (χ1v) is 6.35. The van der Waals surface area contributed by atoms with Gasteiger partial charge in [-0.15, -0.1) is 0 Å². The van der Waals surface area contributed by atoms with Crippen LogP contribution in [0.5, 0.6) is 11.9 Å². The number of hydrogen-bond donors (Lipinski definition) is 1. The van der Waals surface area contributed by atoms with Gasteiger partial charge in [-0.1, -0.05) is 0 Å². The molecule has 0 bridgehead atoms. The molecule has 7 heteroatoms. The molecule has 20 heavy (non-hydrogen) atoms. The minimum Gasteiger partial charge on any atom is -0.478 e. The van der Waals surface area contributed by atoms with Crippen LogP contribution in [-0.4, -0.2) is 35.4 Å². The Morgan fingerprint density at radius 1 is 1.40 bits per heavy atom. The lowest BCUT2D eigenvalue weighted by atomic mass is 10.2. The van der Waals surface area contributed by atoms with Crippen molar-refractivity contribution in [2.24, 2.45) is 0 Å². The first kappa shape index (κ1) is 16.0. The van der Waals surface area contributed by atoms with Gasteiger partial charge in [0.05, 0.1) is 25.8 Å². The van der Waals surface area contributed by atoms with E-state index in [-0.39, 0.29) is 12.6 Å². The van der Waals surface area contributed by atoms with E-state index in [0.717, 1.165) is 0 Å². The van der Waals surface area contributed by atoms with Crippen molar-refractivity contribution < 1.29 is 19.0 Å². The molecule has 0 saturated heterocycles. The molecule has 0 aliphatic carbocycles. The topological polar surface area (TPSA) is 82.6 Å². The average Bonchev–Trinajstić information content (AvgIpc) is 2.35. The Hall–Kier alpha value is -2.05. The standard InChI is InChI=1S/C13H21N3O4/c1-6-19-10-9(7-14-11(16-10)18-5)8-15-12(17)20-13(2,3)4/h7H,6,8H2,1-5H3,(H,15,17). The minimum absolute atomic E-state index is 0.217. The van der Waals surface area contributed by atoms with E-state index >= 15 is 0 Å². The highest BCUT2D eigenvalue weighted by molar-refractivity contribution is 5.67. The highest BCUT2D eigenvalue weighted by Crippen LogP contribution is 2.17. The van der Waals surface area contributed by atoms with Gasteiger partial charge in [0, 0.05) is 6.20 Å². The number of carbonyl (C=O) groups is 1. The zero-order valence-electron chi connectivity index (χ0n) is 12.5. The predicted octanol–water partition coefficient (Wildman–Crippen LogP) is 1.91. The number of nitrogens with one attached hydrogen (secondary N) is 1. The van der Waals surface area contributed by atoms with Crippen molar-refractivity contribution in [3.05, 3.63) is 11.8 Å². The van der Waals surface area contributed by atoms with Gasteiger partial charge in [-0.25, -0.2) is 9.78 Å². The minimum atomic E-state index is -0.538. The molecule has 0 saturated carbocycles. The van der Waals surface area contributed by atoms with E-state index in [1.54, 1.807) is 27.0 Å². The Bertz CT molecular complexity index is 457. The monoisotopic (exact) mass is 283 g/mol. The molecule has 1 rings (SSSR count). The summed E-state index contributed by atoms with van der Waals surface area (Å²) in [6, 6.07) is 0.217. The summed E-state index contributed by atoms with van der Waals surface area (Å²) in [5.41, 5.74) is 0.113. The van der Waals surface area contributed by atoms with Crippen molar-refractivity contribution in [1.82, 2.24) is 15.3 Å². The van der Waals surface area contributed by atoms with Gasteiger partial charge in [-0.05, 0) is 27.7 Å². The normalized spacial score (nSPS) is 10.8. The second-order valence-corrected chi connectivity index (χ2v) is 4.98. The van der Waals surface area contributed by atoms with Crippen molar-refractivity contribution in [1.29, 1.82) is 0 Å². The number of aromatic nitrogens is 2. The van der Waals surface area contributed by atoms with Gasteiger partial charge in [0.1, 0.15) is 5.60 Å². The Morgan fingerprint density at radius 2 is 2.10 bits per heavy atom. The molecular weight excluding hydrogens is 262 g/mol. The van der Waals surface area contributed by atoms with Crippen molar-refractivity contribution in [3.63, 3.8) is 0 Å². The van der Waals surface area contributed by atoms with Crippen LogP contribution in [0.4, 0.5) is 4.79 Å². The molecule has 1 N–H and O–H groups in total. The fourth-order valence-corrected chi connectivity index (χ4v) is 1.34. The van der Waals surface area contributed by atoms with Gasteiger partial charge in [-0.3, -0.25) is 0 Å². The molecule has 7 nitrogen and oxygen atoms in total. The average molecular weight is 283 g/mol. The van der Waals surface area contributed by atoms with Gasteiger partial charge in [0.15, 0.2) is 0 Å². The van der Waals surface area contributed by atoms with E-state index in [9.17, 15) is 4.79 Å². The fraction of sp³-hybridized carbons (Fsp3) is 0.615. The summed E-state index contributed by atoms with van der Waals surface area (Å²) >= 11 is 0. The third-order valence-electron chi connectivity index (χ3n) is 2.09. The maximum atomic E-state index is 11.6. The van der Waals surface area contributed by atoms with Crippen LogP contribution < -0.4 is 14.8 Å². The molecule has 0 atom stereocenters. The number of nitrogens with zero attached hydrogens (tertiary/aromatic N) is 2. The molecule has 0 spiro atoms. The number of carbonyl (C=O) groups excluding carboxylic acids is 1. The van der Waals surface area contributed by atoms with Gasteiger partial charge >= 0.3 is 12.1 Å². The zero-order chi connectivity index (χ0) is 15.2. The number of rotatable bonds is 5. The molecule has 0 unspecified atom stereocenters. The number of methoxy groups -OCH3 is 1. The van der Waals surface area contributed by atoms with Crippen molar-refractivity contribution >= 4 is 6.09 Å². The summed E-state index contributed by atoms with van der Waals surface area (Å²) in [4.78, 5) is 19.7. The molecule has 0 aliphatic rings. The van der Waals surface area contributed by atoms with Crippen LogP contribution in [0.2, 0.25) is 0 Å². The molecule has 112 valence electrons. The quantitative estimate of drug-likeness (QED) is 0.888. The lowest BCUT2D eigenvalue weighted by Crippen LogP contribution is -2.32. The van der Waals surface area contributed by atoms with Gasteiger partial charge < -0.3 is 19.5 Å². The third-order valence-corrected chi connectivity index (χ3v) is 2.09. The second-order valence-electron chi connectivity index (χ2n) is 4.98. The molecule has 0 radical (unpaired) electrons. The van der Waals surface area contributed by atoms with Crippen LogP contribution in [0, 0.1) is 0 Å². The summed E-state index contributed by atoms with van der Waals surface area (Å²) in [7, 11) is 1.48. The molecule has 1 aromatic rings. The number of alkyl carbamates (subject to hydrolysis) is 1. The highest BCUT2D eigenvalue weighted by Gasteiger charge is 2.17. The zero-order valence-corrected chi connectivity index (χ0v) is 12.5. The van der Waals surface area contributed by atoms with Crippen molar-refractivity contribution in [2.45, 2.75) is 39.8 Å². The molecule has 0 aliphatic heterocycles. The summed E-state index contributed by atoms with van der Waals surface area (Å²) < 4.78 is 15.5. The lowest BCUT2D eigenvalue weighted by molar-refractivity contribution is 0.0523. The van der Waals surface area contributed by atoms with Crippen LogP contribution in [-0.2, 0) is 11.3 Å². The SMILES string of the molecule is CCOc1nc(OC)ncc1CNC(=O)OC(C)(C)C. The lowest BCUT2D eigenvalue weighted by Gasteiger charge is -2.19. The van der Waals surface area contributed by atoms with Crippen molar-refractivity contribution in [2.75, 3.05) is 13.7 Å². The van der Waals surface area contributed by atoms with Crippen LogP contribution in [0.3, 0.4) is 0 Å². The highest BCUT2D eigenvalue weighted by atomic mass is 16.6. The van der Waals surface area contributed by atoms with Gasteiger partial charge in [-0.2, -0.15) is 4.98 Å². The number of ether oxygens (including phenoxy) is 3. The van der Waals surface area contributed by atoms with E-state index in [2.05, 4.69) is 15.3 Å². The van der Waals surface area contributed by atoms with Crippen LogP contribution >= 0.6 is 0 Å². The first-order chi connectivity index (χ1) is 9.35. The second kappa shape index (κ2) is 6.93. The van der Waals surface area contributed by atoms with E-state index in [1.807, 2.05) is 6.92 Å². The number of hydrogen-bond acceptors (Lipinski definition) is 6. The summed E-state index contributed by atoms with van der Waals surface area (Å²) in [6.07, 6.45) is 1.05. The van der Waals surface area contributed by atoms with Crippen LogP contribution in [0.1, 0.15) is 33.3 Å². The Labute approximate surface area is 118 Å². The Morgan fingerprint density at radius 3 is 2.65 bits per heavy atom.